The van der Waals surface area contributed by atoms with Crippen LogP contribution in [0.3, 0.4) is 0 Å². The maximum atomic E-state index is 12.4. The van der Waals surface area contributed by atoms with Crippen LogP contribution < -0.4 is 5.32 Å². The van der Waals surface area contributed by atoms with E-state index in [1.54, 1.807) is 17.0 Å². The molecule has 1 aromatic rings. The average Bonchev–Trinajstić information content (AvgIpc) is 2.55. The van der Waals surface area contributed by atoms with Crippen LogP contribution >= 0.6 is 23.2 Å². The Morgan fingerprint density at radius 2 is 1.75 bits per heavy atom. The van der Waals surface area contributed by atoms with Crippen molar-refractivity contribution in [3.63, 3.8) is 0 Å². The fourth-order valence-corrected chi connectivity index (χ4v) is 4.35. The third kappa shape index (κ3) is 4.13. The van der Waals surface area contributed by atoms with Crippen molar-refractivity contribution in [1.82, 2.24) is 9.88 Å². The summed E-state index contributed by atoms with van der Waals surface area (Å²) in [6.45, 7) is 1.12. The van der Waals surface area contributed by atoms with Crippen molar-refractivity contribution in [2.45, 2.75) is 50.5 Å². The van der Waals surface area contributed by atoms with E-state index in [0.717, 1.165) is 12.8 Å². The summed E-state index contributed by atoms with van der Waals surface area (Å²) < 4.78 is 0. The number of nitrogens with zero attached hydrogens (tertiary/aromatic N) is 2. The van der Waals surface area contributed by atoms with Crippen molar-refractivity contribution in [3.8, 4) is 0 Å². The molecule has 3 rings (SSSR count). The molecule has 0 spiro atoms. The standard InChI is InChI=1S/C17H23Cl2N3O2/c18-14-10-13(11-15(19)21-14)20-16(23)22-8-6-17(24,7-9-22)12-4-2-1-3-5-12/h10-12,24H,1-9H2,(H,20,21,23). The number of carbonyl (C=O) groups excluding carboxylic acids is 1. The molecule has 2 heterocycles. The molecule has 0 aromatic carbocycles. The van der Waals surface area contributed by atoms with E-state index in [1.807, 2.05) is 0 Å². The van der Waals surface area contributed by atoms with Crippen LogP contribution in [0.25, 0.3) is 0 Å². The molecule has 0 atom stereocenters. The number of nitrogens with one attached hydrogen (secondary N) is 1. The molecular formula is C17H23Cl2N3O2. The minimum Gasteiger partial charge on any atom is -0.389 e. The third-order valence-corrected chi connectivity index (χ3v) is 5.68. The highest BCUT2D eigenvalue weighted by molar-refractivity contribution is 6.32. The minimum atomic E-state index is -0.611. The Hall–Kier alpha value is -1.04. The molecule has 132 valence electrons. The SMILES string of the molecule is O=C(Nc1cc(Cl)nc(Cl)c1)N1CCC(O)(C2CCCCC2)CC1. The molecule has 1 aromatic heterocycles. The number of amides is 2. The van der Waals surface area contributed by atoms with E-state index in [9.17, 15) is 9.90 Å². The smallest absolute Gasteiger partial charge is 0.321 e. The Labute approximate surface area is 152 Å². The van der Waals surface area contributed by atoms with E-state index < -0.39 is 5.60 Å². The summed E-state index contributed by atoms with van der Waals surface area (Å²) in [5.74, 6) is 0.384. The quantitative estimate of drug-likeness (QED) is 0.760. The molecule has 24 heavy (non-hydrogen) atoms. The predicted molar refractivity (Wildman–Crippen MR) is 95.6 cm³/mol. The average molecular weight is 372 g/mol. The maximum absolute atomic E-state index is 12.4. The zero-order valence-corrected chi connectivity index (χ0v) is 15.1. The molecular weight excluding hydrogens is 349 g/mol. The van der Waals surface area contributed by atoms with Gasteiger partial charge in [0.1, 0.15) is 10.3 Å². The van der Waals surface area contributed by atoms with Crippen LogP contribution in [0, 0.1) is 5.92 Å². The van der Waals surface area contributed by atoms with Crippen LogP contribution in [0.5, 0.6) is 0 Å². The normalized spacial score (nSPS) is 21.5. The Kier molecular flexibility index (Phi) is 5.52. The number of piperidine rings is 1. The number of hydrogen-bond acceptors (Lipinski definition) is 3. The molecule has 0 bridgehead atoms. The molecule has 1 saturated carbocycles. The van der Waals surface area contributed by atoms with Gasteiger partial charge in [0.15, 0.2) is 0 Å². The van der Waals surface area contributed by atoms with Gasteiger partial charge in [-0.2, -0.15) is 0 Å². The lowest BCUT2D eigenvalue weighted by molar-refractivity contribution is -0.0702. The number of anilines is 1. The van der Waals surface area contributed by atoms with Crippen LogP contribution in [-0.4, -0.2) is 39.7 Å². The molecule has 5 nitrogen and oxygen atoms in total. The van der Waals surface area contributed by atoms with E-state index in [0.29, 0.717) is 37.5 Å². The molecule has 1 aliphatic carbocycles. The summed E-state index contributed by atoms with van der Waals surface area (Å²) in [5, 5.41) is 14.2. The molecule has 2 aliphatic rings. The van der Waals surface area contributed by atoms with Gasteiger partial charge in [0.25, 0.3) is 0 Å². The lowest BCUT2D eigenvalue weighted by Gasteiger charge is -2.44. The first kappa shape index (κ1) is 17.8. The zero-order valence-electron chi connectivity index (χ0n) is 13.6. The lowest BCUT2D eigenvalue weighted by atomic mass is 9.72. The van der Waals surface area contributed by atoms with Gasteiger partial charge in [-0.05, 0) is 43.7 Å². The van der Waals surface area contributed by atoms with Crippen LogP contribution in [-0.2, 0) is 0 Å². The number of urea groups is 1. The summed E-state index contributed by atoms with van der Waals surface area (Å²) >= 11 is 11.7. The third-order valence-electron chi connectivity index (χ3n) is 5.30. The van der Waals surface area contributed by atoms with Crippen LogP contribution in [0.1, 0.15) is 44.9 Å². The van der Waals surface area contributed by atoms with Crippen molar-refractivity contribution in [2.75, 3.05) is 18.4 Å². The number of aromatic nitrogens is 1. The van der Waals surface area contributed by atoms with Gasteiger partial charge in [-0.25, -0.2) is 9.78 Å². The van der Waals surface area contributed by atoms with Crippen molar-refractivity contribution in [2.24, 2.45) is 5.92 Å². The Bertz CT molecular complexity index is 577. The van der Waals surface area contributed by atoms with Gasteiger partial charge < -0.3 is 15.3 Å². The predicted octanol–water partition coefficient (Wildman–Crippen LogP) is 4.33. The summed E-state index contributed by atoms with van der Waals surface area (Å²) in [6, 6.07) is 2.93. The summed E-state index contributed by atoms with van der Waals surface area (Å²) in [7, 11) is 0. The fraction of sp³-hybridized carbons (Fsp3) is 0.647. The fourth-order valence-electron chi connectivity index (χ4n) is 3.88. The monoisotopic (exact) mass is 371 g/mol. The second-order valence-electron chi connectivity index (χ2n) is 6.86. The van der Waals surface area contributed by atoms with Gasteiger partial charge in [-0.15, -0.1) is 0 Å². The highest BCUT2D eigenvalue weighted by Gasteiger charge is 2.40. The number of hydrogen-bond donors (Lipinski definition) is 2. The zero-order chi connectivity index (χ0) is 17.2. The Morgan fingerprint density at radius 3 is 2.33 bits per heavy atom. The second kappa shape index (κ2) is 7.46. The van der Waals surface area contributed by atoms with E-state index in [2.05, 4.69) is 10.3 Å². The summed E-state index contributed by atoms with van der Waals surface area (Å²) in [6.07, 6.45) is 7.19. The number of halogens is 2. The van der Waals surface area contributed by atoms with Crippen LogP contribution in [0.2, 0.25) is 10.3 Å². The lowest BCUT2D eigenvalue weighted by Crippen LogP contribution is -2.51. The first-order chi connectivity index (χ1) is 11.5. The highest BCUT2D eigenvalue weighted by atomic mass is 35.5. The van der Waals surface area contributed by atoms with Crippen LogP contribution in [0.15, 0.2) is 12.1 Å². The number of aliphatic hydroxyl groups is 1. The van der Waals surface area contributed by atoms with Crippen molar-refractivity contribution in [1.29, 1.82) is 0 Å². The van der Waals surface area contributed by atoms with E-state index in [4.69, 9.17) is 23.2 Å². The number of rotatable bonds is 2. The molecule has 2 N–H and O–H groups in total. The molecule has 0 unspecified atom stereocenters. The topological polar surface area (TPSA) is 65.5 Å². The van der Waals surface area contributed by atoms with Gasteiger partial charge in [0.2, 0.25) is 0 Å². The molecule has 0 radical (unpaired) electrons. The number of pyridine rings is 1. The van der Waals surface area contributed by atoms with Gasteiger partial charge in [-0.1, -0.05) is 42.5 Å². The second-order valence-corrected chi connectivity index (χ2v) is 7.63. The van der Waals surface area contributed by atoms with Crippen LogP contribution in [0.4, 0.5) is 10.5 Å². The maximum Gasteiger partial charge on any atom is 0.321 e. The van der Waals surface area contributed by atoms with Crippen molar-refractivity contribution in [3.05, 3.63) is 22.4 Å². The first-order valence-corrected chi connectivity index (χ1v) is 9.33. The molecule has 7 heteroatoms. The minimum absolute atomic E-state index is 0.195. The molecule has 1 saturated heterocycles. The van der Waals surface area contributed by atoms with Gasteiger partial charge in [-0.3, -0.25) is 0 Å². The molecule has 1 aliphatic heterocycles. The summed E-state index contributed by atoms with van der Waals surface area (Å²) in [4.78, 5) is 18.0. The van der Waals surface area contributed by atoms with Crippen molar-refractivity contribution >= 4 is 34.9 Å². The molecule has 2 amide bonds. The molecule has 2 fully saturated rings. The van der Waals surface area contributed by atoms with Crippen molar-refractivity contribution < 1.29 is 9.90 Å². The highest BCUT2D eigenvalue weighted by Crippen LogP contribution is 2.39. The van der Waals surface area contributed by atoms with Gasteiger partial charge >= 0.3 is 6.03 Å². The van der Waals surface area contributed by atoms with Gasteiger partial charge in [0, 0.05) is 18.8 Å². The van der Waals surface area contributed by atoms with Gasteiger partial charge in [0.05, 0.1) is 5.60 Å². The van der Waals surface area contributed by atoms with E-state index in [1.165, 1.54) is 19.3 Å². The first-order valence-electron chi connectivity index (χ1n) is 8.58. The Balaban J connectivity index is 1.56. The number of likely N-dealkylation sites (tertiary alicyclic amines) is 1. The Morgan fingerprint density at radius 1 is 1.17 bits per heavy atom. The van der Waals surface area contributed by atoms with E-state index in [-0.39, 0.29) is 16.3 Å². The number of carbonyl (C=O) groups is 1. The summed E-state index contributed by atoms with van der Waals surface area (Å²) in [5.41, 5.74) is -0.0846. The largest absolute Gasteiger partial charge is 0.389 e. The van der Waals surface area contributed by atoms with E-state index >= 15 is 0 Å².